The Labute approximate surface area is 88.0 Å². The highest BCUT2D eigenvalue weighted by Crippen LogP contribution is 2.07. The molecular weight excluding hydrogens is 190 g/mol. The second-order valence-corrected chi connectivity index (χ2v) is 3.25. The first-order chi connectivity index (χ1) is 7.40. The fraction of sp³-hybridized carbons (Fsp3) is 0.273. The molecule has 0 saturated carbocycles. The van der Waals surface area contributed by atoms with Gasteiger partial charge in [-0.2, -0.15) is 0 Å². The van der Waals surface area contributed by atoms with Gasteiger partial charge in [0.2, 0.25) is 0 Å². The molecule has 0 aliphatic rings. The summed E-state index contributed by atoms with van der Waals surface area (Å²) in [5.41, 5.74) is 2.70. The zero-order valence-corrected chi connectivity index (χ0v) is 8.35. The molecule has 0 amide bonds. The van der Waals surface area contributed by atoms with Crippen molar-refractivity contribution >= 4 is 11.0 Å². The Morgan fingerprint density at radius 3 is 2.80 bits per heavy atom. The third kappa shape index (κ3) is 2.49. The average Bonchev–Trinajstić information content (AvgIpc) is 2.29. The van der Waals surface area contributed by atoms with Crippen LogP contribution in [0.1, 0.15) is 5.69 Å². The summed E-state index contributed by atoms with van der Waals surface area (Å²) in [5.74, 6) is 0. The van der Waals surface area contributed by atoms with E-state index in [2.05, 4.69) is 15.3 Å². The van der Waals surface area contributed by atoms with Gasteiger partial charge in [0.1, 0.15) is 0 Å². The molecule has 2 N–H and O–H groups in total. The molecule has 2 aromatic rings. The van der Waals surface area contributed by atoms with Crippen molar-refractivity contribution in [2.45, 2.75) is 6.54 Å². The molecule has 4 heteroatoms. The van der Waals surface area contributed by atoms with Crippen LogP contribution >= 0.6 is 0 Å². The minimum atomic E-state index is 0.140. The van der Waals surface area contributed by atoms with E-state index in [1.165, 1.54) is 0 Å². The number of aliphatic hydroxyl groups excluding tert-OH is 1. The Hall–Kier alpha value is -1.52. The first-order valence-electron chi connectivity index (χ1n) is 4.92. The fourth-order valence-electron chi connectivity index (χ4n) is 1.38. The maximum Gasteiger partial charge on any atom is 0.0890 e. The lowest BCUT2D eigenvalue weighted by atomic mass is 10.3. The third-order valence-electron chi connectivity index (χ3n) is 2.09. The zero-order chi connectivity index (χ0) is 10.5. The summed E-state index contributed by atoms with van der Waals surface area (Å²) in [5, 5.41) is 11.7. The molecule has 0 radical (unpaired) electrons. The molecule has 1 heterocycles. The molecule has 0 atom stereocenters. The number of nitrogens with one attached hydrogen (secondary N) is 1. The van der Waals surface area contributed by atoms with Crippen molar-refractivity contribution < 1.29 is 5.11 Å². The first-order valence-corrected chi connectivity index (χ1v) is 4.92. The molecule has 1 aromatic carbocycles. The molecule has 0 aliphatic heterocycles. The van der Waals surface area contributed by atoms with Crippen LogP contribution in [0.15, 0.2) is 30.5 Å². The molecule has 0 spiro atoms. The summed E-state index contributed by atoms with van der Waals surface area (Å²) in [6.07, 6.45) is 1.76. The molecular formula is C11H13N3O. The van der Waals surface area contributed by atoms with Crippen molar-refractivity contribution in [1.82, 2.24) is 15.3 Å². The highest BCUT2D eigenvalue weighted by atomic mass is 16.3. The summed E-state index contributed by atoms with van der Waals surface area (Å²) < 4.78 is 0. The summed E-state index contributed by atoms with van der Waals surface area (Å²) >= 11 is 0. The number of fused-ring (bicyclic) bond motifs is 1. The average molecular weight is 203 g/mol. The van der Waals surface area contributed by atoms with Crippen molar-refractivity contribution in [3.8, 4) is 0 Å². The standard InChI is InChI=1S/C11H13N3O/c15-6-5-12-7-9-8-13-10-3-1-2-4-11(10)14-9/h1-4,8,12,15H,5-7H2. The molecule has 0 aliphatic carbocycles. The number of aromatic nitrogens is 2. The van der Waals surface area contributed by atoms with Gasteiger partial charge in [-0.3, -0.25) is 4.98 Å². The Kier molecular flexibility index (Phi) is 3.22. The Balaban J connectivity index is 2.16. The Bertz CT molecular complexity index is 445. The van der Waals surface area contributed by atoms with Gasteiger partial charge in [0.05, 0.1) is 29.5 Å². The lowest BCUT2D eigenvalue weighted by molar-refractivity contribution is 0.291. The van der Waals surface area contributed by atoms with Gasteiger partial charge in [0, 0.05) is 13.1 Å². The minimum Gasteiger partial charge on any atom is -0.395 e. The van der Waals surface area contributed by atoms with Crippen LogP contribution in [0.25, 0.3) is 11.0 Å². The van der Waals surface area contributed by atoms with Crippen molar-refractivity contribution in [1.29, 1.82) is 0 Å². The van der Waals surface area contributed by atoms with Gasteiger partial charge in [-0.15, -0.1) is 0 Å². The second-order valence-electron chi connectivity index (χ2n) is 3.25. The fourth-order valence-corrected chi connectivity index (χ4v) is 1.38. The lowest BCUT2D eigenvalue weighted by Crippen LogP contribution is -2.18. The maximum atomic E-state index is 8.62. The molecule has 0 saturated heterocycles. The van der Waals surface area contributed by atoms with E-state index in [1.807, 2.05) is 24.3 Å². The highest BCUT2D eigenvalue weighted by Gasteiger charge is 1.97. The van der Waals surface area contributed by atoms with Crippen LogP contribution in [-0.4, -0.2) is 28.2 Å². The summed E-state index contributed by atoms with van der Waals surface area (Å²) in [4.78, 5) is 8.74. The number of benzene rings is 1. The maximum absolute atomic E-state index is 8.62. The normalized spacial score (nSPS) is 10.7. The van der Waals surface area contributed by atoms with Crippen LogP contribution in [0.4, 0.5) is 0 Å². The number of hydrogen-bond donors (Lipinski definition) is 2. The number of aliphatic hydroxyl groups is 1. The Morgan fingerprint density at radius 1 is 1.20 bits per heavy atom. The van der Waals surface area contributed by atoms with Gasteiger partial charge >= 0.3 is 0 Å². The monoisotopic (exact) mass is 203 g/mol. The molecule has 0 fully saturated rings. The van der Waals surface area contributed by atoms with E-state index < -0.39 is 0 Å². The van der Waals surface area contributed by atoms with Crippen molar-refractivity contribution in [2.75, 3.05) is 13.2 Å². The largest absolute Gasteiger partial charge is 0.395 e. The molecule has 0 bridgehead atoms. The van der Waals surface area contributed by atoms with Gasteiger partial charge in [-0.05, 0) is 12.1 Å². The lowest BCUT2D eigenvalue weighted by Gasteiger charge is -2.03. The molecule has 0 unspecified atom stereocenters. The minimum absolute atomic E-state index is 0.140. The van der Waals surface area contributed by atoms with Crippen molar-refractivity contribution in [3.05, 3.63) is 36.2 Å². The molecule has 4 nitrogen and oxygen atoms in total. The number of hydrogen-bond acceptors (Lipinski definition) is 4. The van der Waals surface area contributed by atoms with Crippen LogP contribution in [-0.2, 0) is 6.54 Å². The molecule has 1 aromatic heterocycles. The predicted octanol–water partition coefficient (Wildman–Crippen LogP) is 0.712. The SMILES string of the molecule is OCCNCc1cnc2ccccc2n1. The van der Waals surface area contributed by atoms with Crippen LogP contribution in [0.2, 0.25) is 0 Å². The van der Waals surface area contributed by atoms with Gasteiger partial charge in [-0.1, -0.05) is 12.1 Å². The van der Waals surface area contributed by atoms with Crippen LogP contribution in [0, 0.1) is 0 Å². The van der Waals surface area contributed by atoms with E-state index in [9.17, 15) is 0 Å². The zero-order valence-electron chi connectivity index (χ0n) is 8.35. The summed E-state index contributed by atoms with van der Waals surface area (Å²) in [7, 11) is 0. The third-order valence-corrected chi connectivity index (χ3v) is 2.09. The molecule has 78 valence electrons. The van der Waals surface area contributed by atoms with E-state index >= 15 is 0 Å². The second kappa shape index (κ2) is 4.82. The van der Waals surface area contributed by atoms with E-state index in [-0.39, 0.29) is 6.61 Å². The number of para-hydroxylation sites is 2. The number of rotatable bonds is 4. The van der Waals surface area contributed by atoms with Crippen molar-refractivity contribution in [3.63, 3.8) is 0 Å². The summed E-state index contributed by atoms with van der Waals surface area (Å²) in [6, 6.07) is 7.77. The summed E-state index contributed by atoms with van der Waals surface area (Å²) in [6.45, 7) is 1.36. The first kappa shape index (κ1) is 10.0. The molecule has 2 rings (SSSR count). The predicted molar refractivity (Wildman–Crippen MR) is 58.3 cm³/mol. The van der Waals surface area contributed by atoms with Crippen LogP contribution in [0.5, 0.6) is 0 Å². The van der Waals surface area contributed by atoms with Crippen LogP contribution < -0.4 is 5.32 Å². The highest BCUT2D eigenvalue weighted by molar-refractivity contribution is 5.73. The van der Waals surface area contributed by atoms with E-state index in [1.54, 1.807) is 6.20 Å². The van der Waals surface area contributed by atoms with Gasteiger partial charge in [0.25, 0.3) is 0 Å². The topological polar surface area (TPSA) is 58.0 Å². The van der Waals surface area contributed by atoms with Crippen LogP contribution in [0.3, 0.4) is 0 Å². The molecule has 15 heavy (non-hydrogen) atoms. The Morgan fingerprint density at radius 2 is 2.00 bits per heavy atom. The van der Waals surface area contributed by atoms with E-state index in [0.717, 1.165) is 16.7 Å². The van der Waals surface area contributed by atoms with Gasteiger partial charge < -0.3 is 10.4 Å². The smallest absolute Gasteiger partial charge is 0.0890 e. The van der Waals surface area contributed by atoms with Gasteiger partial charge in [0.15, 0.2) is 0 Å². The quantitative estimate of drug-likeness (QED) is 0.719. The van der Waals surface area contributed by atoms with E-state index in [0.29, 0.717) is 13.1 Å². The van der Waals surface area contributed by atoms with E-state index in [4.69, 9.17) is 5.11 Å². The van der Waals surface area contributed by atoms with Gasteiger partial charge in [-0.25, -0.2) is 4.98 Å². The number of nitrogens with zero attached hydrogens (tertiary/aromatic N) is 2. The van der Waals surface area contributed by atoms with Crippen molar-refractivity contribution in [2.24, 2.45) is 0 Å².